The van der Waals surface area contributed by atoms with Gasteiger partial charge >= 0.3 is 0 Å². The van der Waals surface area contributed by atoms with Crippen LogP contribution in [-0.4, -0.2) is 58.2 Å². The Labute approximate surface area is 222 Å². The Morgan fingerprint density at radius 3 is 2.73 bits per heavy atom. The third kappa shape index (κ3) is 7.19. The summed E-state index contributed by atoms with van der Waals surface area (Å²) < 4.78 is 6.08. The molecule has 1 amide bonds. The van der Waals surface area contributed by atoms with E-state index in [0.717, 1.165) is 31.4 Å². The molecule has 4 rings (SSSR count). The number of nitrogens with zero attached hydrogens (tertiary/aromatic N) is 3. The zero-order valence-electron chi connectivity index (χ0n) is 21.3. The maximum atomic E-state index is 12.8. The van der Waals surface area contributed by atoms with Crippen molar-refractivity contribution < 1.29 is 14.6 Å². The smallest absolute Gasteiger partial charge is 0.248 e. The van der Waals surface area contributed by atoms with Crippen molar-refractivity contribution in [3.05, 3.63) is 65.6 Å². The highest BCUT2D eigenvalue weighted by atomic mass is 35.5. The third-order valence-corrected chi connectivity index (χ3v) is 6.98. The van der Waals surface area contributed by atoms with Gasteiger partial charge in [-0.1, -0.05) is 29.8 Å². The topological polar surface area (TPSA) is 99.6 Å². The predicted octanol–water partition coefficient (Wildman–Crippen LogP) is 4.99. The molecule has 0 bridgehead atoms. The summed E-state index contributed by atoms with van der Waals surface area (Å²) >= 11 is 6.33. The lowest BCUT2D eigenvalue weighted by molar-refractivity contribution is -0.111. The van der Waals surface area contributed by atoms with E-state index in [2.05, 4.69) is 32.1 Å². The van der Waals surface area contributed by atoms with E-state index in [1.165, 1.54) is 12.4 Å². The Morgan fingerprint density at radius 1 is 1.27 bits per heavy atom. The number of aliphatic hydroxyl groups excluding tert-OH is 1. The normalized spacial score (nSPS) is 17.9. The number of carbonyl (C=O) groups excluding carboxylic acids is 1. The van der Waals surface area contributed by atoms with E-state index in [0.29, 0.717) is 58.0 Å². The molecule has 9 heteroatoms. The number of rotatable bonds is 12. The summed E-state index contributed by atoms with van der Waals surface area (Å²) in [7, 11) is 0. The van der Waals surface area contributed by atoms with Gasteiger partial charge in [-0.15, -0.1) is 0 Å². The number of fused-ring (bicyclic) bond motifs is 1. The number of ether oxygens (including phenoxy) is 1. The van der Waals surface area contributed by atoms with Crippen LogP contribution in [0.5, 0.6) is 5.75 Å². The minimum atomic E-state index is -0.259. The molecule has 1 saturated heterocycles. The molecule has 1 aromatic heterocycles. The Hall–Kier alpha value is -3.20. The number of carbonyl (C=O) groups is 1. The van der Waals surface area contributed by atoms with Crippen molar-refractivity contribution in [3.63, 3.8) is 0 Å². The maximum Gasteiger partial charge on any atom is 0.248 e. The van der Waals surface area contributed by atoms with Crippen LogP contribution in [0.15, 0.2) is 65.6 Å². The third-order valence-electron chi connectivity index (χ3n) is 6.49. The van der Waals surface area contributed by atoms with Crippen LogP contribution in [0.1, 0.15) is 33.1 Å². The first kappa shape index (κ1) is 26.9. The van der Waals surface area contributed by atoms with Gasteiger partial charge in [-0.05, 0) is 57.2 Å². The number of amides is 1. The summed E-state index contributed by atoms with van der Waals surface area (Å²) in [5.41, 5.74) is 2.89. The number of benzene rings is 1. The van der Waals surface area contributed by atoms with Gasteiger partial charge < -0.3 is 20.5 Å². The number of likely N-dealkylation sites (tertiary alicyclic amines) is 1. The van der Waals surface area contributed by atoms with E-state index >= 15 is 0 Å². The van der Waals surface area contributed by atoms with Crippen LogP contribution in [0.25, 0.3) is 10.9 Å². The van der Waals surface area contributed by atoms with E-state index in [4.69, 9.17) is 16.3 Å². The number of nitrogens with one attached hydrogen (secondary N) is 2. The zero-order valence-corrected chi connectivity index (χ0v) is 22.1. The molecule has 3 N–H and O–H groups in total. The summed E-state index contributed by atoms with van der Waals surface area (Å²) in [6.07, 6.45) is 11.6. The lowest BCUT2D eigenvalue weighted by Crippen LogP contribution is -2.49. The number of hydrogen-bond donors (Lipinski definition) is 3. The van der Waals surface area contributed by atoms with Crippen molar-refractivity contribution >= 4 is 39.9 Å². The van der Waals surface area contributed by atoms with Crippen molar-refractivity contribution in [2.75, 3.05) is 36.9 Å². The molecule has 1 atom stereocenters. The van der Waals surface area contributed by atoms with E-state index in [1.807, 2.05) is 32.1 Å². The van der Waals surface area contributed by atoms with Gasteiger partial charge in [0, 0.05) is 47.4 Å². The second kappa shape index (κ2) is 12.4. The molecule has 1 aliphatic heterocycles. The molecule has 196 valence electrons. The largest absolute Gasteiger partial charge is 0.491 e. The van der Waals surface area contributed by atoms with Crippen molar-refractivity contribution in [3.8, 4) is 5.75 Å². The van der Waals surface area contributed by atoms with Crippen LogP contribution in [0.3, 0.4) is 0 Å². The fourth-order valence-electron chi connectivity index (χ4n) is 3.87. The average molecular weight is 524 g/mol. The molecule has 2 aromatic rings. The molecule has 8 nitrogen and oxygen atoms in total. The van der Waals surface area contributed by atoms with Crippen LogP contribution < -0.4 is 15.4 Å². The molecule has 0 radical (unpaired) electrons. The standard InChI is InChI=1S/C28H34ClN5O3/c1-4-20(12-23(29)18(2)3)32-28-22-13-25(33-27(36)6-5-10-34-11-9-21(34)15-35)26(37-16-19-7-8-19)14-24(22)30-17-31-28/h4-6,12-14,17,19,21,35H,1,7-11,15-16H2,2-3H3,(H,33,36)(H,30,31,32)/b6-5+,20-12+. The number of allylic oxidation sites excluding steroid dienone is 4. The molecule has 1 saturated carbocycles. The van der Waals surface area contributed by atoms with Crippen molar-refractivity contribution in [2.24, 2.45) is 5.92 Å². The minimum absolute atomic E-state index is 0.139. The highest BCUT2D eigenvalue weighted by Crippen LogP contribution is 2.35. The molecule has 37 heavy (non-hydrogen) atoms. The average Bonchev–Trinajstić information content (AvgIpc) is 3.69. The predicted molar refractivity (Wildman–Crippen MR) is 149 cm³/mol. The van der Waals surface area contributed by atoms with Gasteiger partial charge in [0.15, 0.2) is 0 Å². The van der Waals surface area contributed by atoms with E-state index < -0.39 is 0 Å². The molecule has 2 aliphatic rings. The first-order chi connectivity index (χ1) is 17.9. The molecular formula is C28H34ClN5O3. The lowest BCUT2D eigenvalue weighted by Gasteiger charge is -2.39. The highest BCUT2D eigenvalue weighted by molar-refractivity contribution is 6.31. The SMILES string of the molecule is C=C/C(=C\C(Cl)=C(C)C)Nc1ncnc2cc(OCC3CC3)c(NC(=O)/C=C/CN3CCC3CO)cc12. The molecule has 1 unspecified atom stereocenters. The second-order valence-corrected chi connectivity index (χ2v) is 10.0. The molecule has 0 spiro atoms. The summed E-state index contributed by atoms with van der Waals surface area (Å²) in [4.78, 5) is 23.7. The van der Waals surface area contributed by atoms with Crippen molar-refractivity contribution in [1.82, 2.24) is 14.9 Å². The van der Waals surface area contributed by atoms with Gasteiger partial charge in [0.1, 0.15) is 17.9 Å². The fraction of sp³-hybridized carbons (Fsp3) is 0.393. The maximum absolute atomic E-state index is 12.8. The summed E-state index contributed by atoms with van der Waals surface area (Å²) in [6, 6.07) is 3.84. The van der Waals surface area contributed by atoms with Gasteiger partial charge in [0.25, 0.3) is 0 Å². The fourth-order valence-corrected chi connectivity index (χ4v) is 3.98. The van der Waals surface area contributed by atoms with Gasteiger partial charge in [-0.25, -0.2) is 9.97 Å². The van der Waals surface area contributed by atoms with Crippen molar-refractivity contribution in [1.29, 1.82) is 0 Å². The number of aromatic nitrogens is 2. The van der Waals surface area contributed by atoms with Crippen LogP contribution in [0.2, 0.25) is 0 Å². The number of anilines is 2. The van der Waals surface area contributed by atoms with Crippen molar-refractivity contribution in [2.45, 2.75) is 39.2 Å². The zero-order chi connectivity index (χ0) is 26.4. The first-order valence-corrected chi connectivity index (χ1v) is 12.9. The van der Waals surface area contributed by atoms with Crippen LogP contribution in [-0.2, 0) is 4.79 Å². The summed E-state index contributed by atoms with van der Waals surface area (Å²) in [5.74, 6) is 1.42. The Balaban J connectivity index is 1.58. The molecule has 1 aromatic carbocycles. The molecular weight excluding hydrogens is 490 g/mol. The minimum Gasteiger partial charge on any atom is -0.491 e. The first-order valence-electron chi connectivity index (χ1n) is 12.6. The Kier molecular flexibility index (Phi) is 8.97. The van der Waals surface area contributed by atoms with Gasteiger partial charge in [-0.2, -0.15) is 0 Å². The lowest BCUT2D eigenvalue weighted by atomic mass is 10.0. The number of hydrogen-bond acceptors (Lipinski definition) is 7. The van der Waals surface area contributed by atoms with Gasteiger partial charge in [0.05, 0.1) is 24.4 Å². The Bertz CT molecular complexity index is 1250. The summed E-state index contributed by atoms with van der Waals surface area (Å²) in [6.45, 7) is 10.0. The van der Waals surface area contributed by atoms with Crippen LogP contribution in [0, 0.1) is 5.92 Å². The quantitative estimate of drug-likeness (QED) is 0.266. The molecule has 2 heterocycles. The van der Waals surface area contributed by atoms with Crippen LogP contribution >= 0.6 is 11.6 Å². The van der Waals surface area contributed by atoms with E-state index in [-0.39, 0.29) is 18.6 Å². The summed E-state index contributed by atoms with van der Waals surface area (Å²) in [5, 5.41) is 16.9. The second-order valence-electron chi connectivity index (χ2n) is 9.63. The van der Waals surface area contributed by atoms with Gasteiger partial charge in [0.2, 0.25) is 5.91 Å². The highest BCUT2D eigenvalue weighted by Gasteiger charge is 2.25. The molecule has 2 fully saturated rings. The Morgan fingerprint density at radius 2 is 2.08 bits per heavy atom. The van der Waals surface area contributed by atoms with E-state index in [1.54, 1.807) is 12.2 Å². The number of halogens is 1. The molecule has 1 aliphatic carbocycles. The van der Waals surface area contributed by atoms with E-state index in [9.17, 15) is 9.90 Å². The van der Waals surface area contributed by atoms with Crippen LogP contribution in [0.4, 0.5) is 11.5 Å². The number of aliphatic hydroxyl groups is 1. The van der Waals surface area contributed by atoms with Gasteiger partial charge in [-0.3, -0.25) is 9.69 Å². The monoisotopic (exact) mass is 523 g/mol.